The maximum absolute atomic E-state index is 13.1. The lowest BCUT2D eigenvalue weighted by atomic mass is 9.78. The summed E-state index contributed by atoms with van der Waals surface area (Å²) in [6.45, 7) is 4.56. The molecule has 1 aromatic carbocycles. The van der Waals surface area contributed by atoms with E-state index in [0.717, 1.165) is 19.4 Å². The van der Waals surface area contributed by atoms with Gasteiger partial charge in [-0.05, 0) is 49.8 Å². The number of benzene rings is 1. The Balaban J connectivity index is 1.61. The van der Waals surface area contributed by atoms with Crippen molar-refractivity contribution in [1.82, 2.24) is 9.80 Å². The molecule has 1 aromatic rings. The van der Waals surface area contributed by atoms with Gasteiger partial charge in [-0.15, -0.1) is 6.58 Å². The number of likely N-dealkylation sites (tertiary alicyclic amines) is 1. The second-order valence-corrected chi connectivity index (χ2v) is 7.52. The van der Waals surface area contributed by atoms with Crippen LogP contribution in [0.2, 0.25) is 0 Å². The van der Waals surface area contributed by atoms with Crippen molar-refractivity contribution >= 4 is 17.7 Å². The number of carbonyl (C=O) groups excluding carboxylic acids is 3. The van der Waals surface area contributed by atoms with E-state index < -0.39 is 0 Å². The summed E-state index contributed by atoms with van der Waals surface area (Å²) < 4.78 is 0. The highest BCUT2D eigenvalue weighted by atomic mass is 16.2. The van der Waals surface area contributed by atoms with E-state index in [9.17, 15) is 14.4 Å². The van der Waals surface area contributed by atoms with Crippen LogP contribution in [0.25, 0.3) is 0 Å². The SMILES string of the molecule is C=CCN1C(=O)c2ccc(C(=O)N3CCC[C@H]4CCCC[C@@H]43)cc2C1=O. The van der Waals surface area contributed by atoms with Gasteiger partial charge in [0.05, 0.1) is 11.1 Å². The topological polar surface area (TPSA) is 57.7 Å². The van der Waals surface area contributed by atoms with Crippen molar-refractivity contribution in [2.24, 2.45) is 5.92 Å². The third-order valence-electron chi connectivity index (χ3n) is 6.03. The zero-order valence-corrected chi connectivity index (χ0v) is 14.9. The molecule has 0 N–H and O–H groups in total. The van der Waals surface area contributed by atoms with Crippen LogP contribution >= 0.6 is 0 Å². The third kappa shape index (κ3) is 2.66. The molecule has 1 aliphatic carbocycles. The van der Waals surface area contributed by atoms with Crippen LogP contribution in [0, 0.1) is 5.92 Å². The number of nitrogens with zero attached hydrogens (tertiary/aromatic N) is 2. The molecule has 0 spiro atoms. The fourth-order valence-electron chi connectivity index (χ4n) is 4.76. The number of fused-ring (bicyclic) bond motifs is 2. The smallest absolute Gasteiger partial charge is 0.261 e. The minimum Gasteiger partial charge on any atom is -0.335 e. The molecule has 2 atom stereocenters. The molecule has 1 saturated carbocycles. The van der Waals surface area contributed by atoms with Crippen LogP contribution < -0.4 is 0 Å². The van der Waals surface area contributed by atoms with Crippen LogP contribution in [-0.2, 0) is 0 Å². The van der Waals surface area contributed by atoms with E-state index in [2.05, 4.69) is 6.58 Å². The first-order valence-electron chi connectivity index (χ1n) is 9.54. The maximum atomic E-state index is 13.1. The lowest BCUT2D eigenvalue weighted by molar-refractivity contribution is 0.0390. The van der Waals surface area contributed by atoms with Crippen molar-refractivity contribution in [3.8, 4) is 0 Å². The van der Waals surface area contributed by atoms with Crippen LogP contribution in [0.15, 0.2) is 30.9 Å². The lowest BCUT2D eigenvalue weighted by Crippen LogP contribution is -2.49. The van der Waals surface area contributed by atoms with Crippen molar-refractivity contribution < 1.29 is 14.4 Å². The van der Waals surface area contributed by atoms with Crippen molar-refractivity contribution in [3.63, 3.8) is 0 Å². The number of hydrogen-bond donors (Lipinski definition) is 0. The van der Waals surface area contributed by atoms with Crippen molar-refractivity contribution in [1.29, 1.82) is 0 Å². The molecule has 5 heteroatoms. The minimum atomic E-state index is -0.339. The second-order valence-electron chi connectivity index (χ2n) is 7.52. The highest BCUT2D eigenvalue weighted by Crippen LogP contribution is 2.36. The van der Waals surface area contributed by atoms with E-state index in [1.165, 1.54) is 36.7 Å². The highest BCUT2D eigenvalue weighted by Gasteiger charge is 2.38. The van der Waals surface area contributed by atoms with Gasteiger partial charge in [-0.25, -0.2) is 0 Å². The van der Waals surface area contributed by atoms with Gasteiger partial charge in [0.2, 0.25) is 0 Å². The van der Waals surface area contributed by atoms with E-state index in [4.69, 9.17) is 0 Å². The Kier molecular flexibility index (Phi) is 4.39. The standard InChI is InChI=1S/C21H24N2O3/c1-2-11-23-20(25)16-10-9-15(13-17(16)21(23)26)19(24)22-12-5-7-14-6-3-4-8-18(14)22/h2,9-10,13-14,18H,1,3-8,11-12H2/t14-,18+/m1/s1. The normalized spacial score (nSPS) is 25.1. The Morgan fingerprint density at radius 2 is 1.81 bits per heavy atom. The van der Waals surface area contributed by atoms with E-state index in [0.29, 0.717) is 28.7 Å². The second kappa shape index (κ2) is 6.71. The van der Waals surface area contributed by atoms with Crippen LogP contribution in [0.4, 0.5) is 0 Å². The van der Waals surface area contributed by atoms with E-state index in [-0.39, 0.29) is 24.3 Å². The van der Waals surface area contributed by atoms with Crippen LogP contribution in [0.3, 0.4) is 0 Å². The summed E-state index contributed by atoms with van der Waals surface area (Å²) in [6.07, 6.45) is 8.51. The number of carbonyl (C=O) groups is 3. The molecule has 0 aromatic heterocycles. The summed E-state index contributed by atoms with van der Waals surface area (Å²) in [5, 5.41) is 0. The first-order chi connectivity index (χ1) is 12.6. The number of piperidine rings is 1. The number of hydrogen-bond acceptors (Lipinski definition) is 3. The Bertz CT molecular complexity index is 783. The zero-order chi connectivity index (χ0) is 18.3. The third-order valence-corrected chi connectivity index (χ3v) is 6.03. The van der Waals surface area contributed by atoms with Gasteiger partial charge in [0.1, 0.15) is 0 Å². The lowest BCUT2D eigenvalue weighted by Gasteiger charge is -2.44. The molecule has 0 radical (unpaired) electrons. The molecule has 3 aliphatic rings. The van der Waals surface area contributed by atoms with Gasteiger partial charge < -0.3 is 4.90 Å². The molecule has 1 saturated heterocycles. The van der Waals surface area contributed by atoms with Gasteiger partial charge >= 0.3 is 0 Å². The molecule has 3 amide bonds. The van der Waals surface area contributed by atoms with E-state index >= 15 is 0 Å². The summed E-state index contributed by atoms with van der Waals surface area (Å²) >= 11 is 0. The number of amides is 3. The largest absolute Gasteiger partial charge is 0.335 e. The molecule has 26 heavy (non-hydrogen) atoms. The predicted octanol–water partition coefficient (Wildman–Crippen LogP) is 3.26. The van der Waals surface area contributed by atoms with Crippen molar-refractivity contribution in [2.75, 3.05) is 13.1 Å². The molecular formula is C21H24N2O3. The van der Waals surface area contributed by atoms with Gasteiger partial charge in [-0.1, -0.05) is 18.9 Å². The first kappa shape index (κ1) is 17.0. The molecule has 0 bridgehead atoms. The monoisotopic (exact) mass is 352 g/mol. The zero-order valence-electron chi connectivity index (χ0n) is 14.9. The van der Waals surface area contributed by atoms with Gasteiger partial charge in [-0.3, -0.25) is 19.3 Å². The van der Waals surface area contributed by atoms with Crippen LogP contribution in [0.5, 0.6) is 0 Å². The van der Waals surface area contributed by atoms with Crippen molar-refractivity contribution in [2.45, 2.75) is 44.6 Å². The molecule has 2 fully saturated rings. The Morgan fingerprint density at radius 1 is 1.08 bits per heavy atom. The van der Waals surface area contributed by atoms with E-state index in [1.807, 2.05) is 4.90 Å². The van der Waals surface area contributed by atoms with Crippen LogP contribution in [-0.4, -0.2) is 46.7 Å². The predicted molar refractivity (Wildman–Crippen MR) is 98.0 cm³/mol. The summed E-state index contributed by atoms with van der Waals surface area (Å²) in [5.74, 6) is -0.0445. The number of imide groups is 1. The molecular weight excluding hydrogens is 328 g/mol. The minimum absolute atomic E-state index is 0.00757. The summed E-state index contributed by atoms with van der Waals surface area (Å²) in [5.41, 5.74) is 1.22. The molecule has 136 valence electrons. The molecule has 5 nitrogen and oxygen atoms in total. The quantitative estimate of drug-likeness (QED) is 0.620. The van der Waals surface area contributed by atoms with Gasteiger partial charge in [0.25, 0.3) is 17.7 Å². The number of rotatable bonds is 3. The average molecular weight is 352 g/mol. The van der Waals surface area contributed by atoms with Gasteiger partial charge in [0.15, 0.2) is 0 Å². The van der Waals surface area contributed by atoms with E-state index in [1.54, 1.807) is 18.2 Å². The Hall–Kier alpha value is -2.43. The van der Waals surface area contributed by atoms with Crippen LogP contribution in [0.1, 0.15) is 69.6 Å². The first-order valence-corrected chi connectivity index (χ1v) is 9.54. The molecule has 2 aliphatic heterocycles. The summed E-state index contributed by atoms with van der Waals surface area (Å²) in [4.78, 5) is 41.2. The Morgan fingerprint density at radius 3 is 2.62 bits per heavy atom. The van der Waals surface area contributed by atoms with Gasteiger partial charge in [0, 0.05) is 24.7 Å². The average Bonchev–Trinajstić information content (AvgIpc) is 2.92. The molecule has 0 unspecified atom stereocenters. The summed E-state index contributed by atoms with van der Waals surface area (Å²) in [7, 11) is 0. The summed E-state index contributed by atoms with van der Waals surface area (Å²) in [6, 6.07) is 5.24. The Labute approximate surface area is 153 Å². The maximum Gasteiger partial charge on any atom is 0.261 e. The molecule has 2 heterocycles. The fraction of sp³-hybridized carbons (Fsp3) is 0.476. The van der Waals surface area contributed by atoms with Crippen molar-refractivity contribution in [3.05, 3.63) is 47.5 Å². The molecule has 4 rings (SSSR count). The highest BCUT2D eigenvalue weighted by molar-refractivity contribution is 6.22. The van der Waals surface area contributed by atoms with Gasteiger partial charge in [-0.2, -0.15) is 0 Å². The fourth-order valence-corrected chi connectivity index (χ4v) is 4.76.